The maximum atomic E-state index is 12.9. The number of methoxy groups -OCH3 is 1. The molecule has 27 heavy (non-hydrogen) atoms. The van der Waals surface area contributed by atoms with E-state index in [-0.39, 0.29) is 36.4 Å². The van der Waals surface area contributed by atoms with Crippen LogP contribution in [0.25, 0.3) is 0 Å². The van der Waals surface area contributed by atoms with Gasteiger partial charge in [0.2, 0.25) is 5.75 Å². The van der Waals surface area contributed by atoms with E-state index in [9.17, 15) is 14.4 Å². The number of rotatable bonds is 8. The Kier molecular flexibility index (Phi) is 7.42. The van der Waals surface area contributed by atoms with E-state index in [1.165, 1.54) is 7.11 Å². The summed E-state index contributed by atoms with van der Waals surface area (Å²) < 4.78 is 16.3. The van der Waals surface area contributed by atoms with Gasteiger partial charge >= 0.3 is 11.9 Å². The Morgan fingerprint density at radius 3 is 2.52 bits per heavy atom. The average molecular weight is 392 g/mol. The number of nitrogens with zero attached hydrogens (tertiary/aromatic N) is 2. The highest BCUT2D eigenvalue weighted by atomic mass is 32.2. The van der Waals surface area contributed by atoms with Crippen molar-refractivity contribution in [3.8, 4) is 5.75 Å². The SMILES string of the molecule is CCOC(=O)c1nc(SC)n(CC(=O)OC)c(=O)c1OCc1ccccc1. The van der Waals surface area contributed by atoms with Gasteiger partial charge in [0.05, 0.1) is 13.7 Å². The fraction of sp³-hybridized carbons (Fsp3) is 0.333. The zero-order valence-electron chi connectivity index (χ0n) is 15.3. The molecule has 2 rings (SSSR count). The third kappa shape index (κ3) is 5.10. The number of esters is 2. The largest absolute Gasteiger partial charge is 0.481 e. The zero-order chi connectivity index (χ0) is 19.8. The van der Waals surface area contributed by atoms with Crippen LogP contribution in [0.1, 0.15) is 23.0 Å². The monoisotopic (exact) mass is 392 g/mol. The third-order valence-electron chi connectivity index (χ3n) is 3.49. The Hall–Kier alpha value is -2.81. The van der Waals surface area contributed by atoms with Crippen molar-refractivity contribution < 1.29 is 23.8 Å². The van der Waals surface area contributed by atoms with Gasteiger partial charge in [-0.3, -0.25) is 14.2 Å². The fourth-order valence-corrected chi connectivity index (χ4v) is 2.75. The lowest BCUT2D eigenvalue weighted by molar-refractivity contribution is -0.141. The van der Waals surface area contributed by atoms with Crippen LogP contribution in [0.4, 0.5) is 0 Å². The van der Waals surface area contributed by atoms with Gasteiger partial charge in [0.15, 0.2) is 10.9 Å². The Labute approximate surface area is 160 Å². The number of hydrogen-bond acceptors (Lipinski definition) is 8. The van der Waals surface area contributed by atoms with Gasteiger partial charge in [-0.25, -0.2) is 9.78 Å². The number of hydrogen-bond donors (Lipinski definition) is 0. The quantitative estimate of drug-likeness (QED) is 0.382. The molecule has 1 heterocycles. The van der Waals surface area contributed by atoms with Crippen molar-refractivity contribution in [3.05, 3.63) is 51.9 Å². The fourth-order valence-electron chi connectivity index (χ4n) is 2.20. The first kappa shape index (κ1) is 20.5. The van der Waals surface area contributed by atoms with E-state index in [1.807, 2.05) is 30.3 Å². The summed E-state index contributed by atoms with van der Waals surface area (Å²) in [5.74, 6) is -1.65. The van der Waals surface area contributed by atoms with E-state index >= 15 is 0 Å². The van der Waals surface area contributed by atoms with Gasteiger partial charge in [0.25, 0.3) is 5.56 Å². The number of ether oxygens (including phenoxy) is 3. The molecule has 9 heteroatoms. The van der Waals surface area contributed by atoms with Gasteiger partial charge in [-0.15, -0.1) is 0 Å². The van der Waals surface area contributed by atoms with Crippen molar-refractivity contribution in [1.29, 1.82) is 0 Å². The first-order valence-corrected chi connectivity index (χ1v) is 9.33. The molecule has 1 aromatic carbocycles. The lowest BCUT2D eigenvalue weighted by atomic mass is 10.2. The minimum absolute atomic E-state index is 0.0566. The molecule has 0 amide bonds. The average Bonchev–Trinajstić information content (AvgIpc) is 2.69. The van der Waals surface area contributed by atoms with Crippen molar-refractivity contribution in [3.63, 3.8) is 0 Å². The smallest absolute Gasteiger partial charge is 0.361 e. The van der Waals surface area contributed by atoms with Crippen molar-refractivity contribution in [1.82, 2.24) is 9.55 Å². The van der Waals surface area contributed by atoms with E-state index in [0.29, 0.717) is 0 Å². The summed E-state index contributed by atoms with van der Waals surface area (Å²) in [6.45, 7) is 1.49. The van der Waals surface area contributed by atoms with Crippen LogP contribution in [0.5, 0.6) is 5.75 Å². The Balaban J connectivity index is 2.50. The van der Waals surface area contributed by atoms with Crippen LogP contribution in [-0.2, 0) is 27.4 Å². The van der Waals surface area contributed by atoms with Gasteiger partial charge in [-0.05, 0) is 18.7 Å². The molecule has 0 unspecified atom stereocenters. The third-order valence-corrected chi connectivity index (χ3v) is 4.16. The molecule has 0 bridgehead atoms. The minimum atomic E-state index is -0.766. The summed E-state index contributed by atoms with van der Waals surface area (Å²) in [7, 11) is 1.22. The molecule has 0 N–H and O–H groups in total. The first-order valence-electron chi connectivity index (χ1n) is 8.11. The molecule has 0 radical (unpaired) electrons. The van der Waals surface area contributed by atoms with E-state index in [4.69, 9.17) is 9.47 Å². The lowest BCUT2D eigenvalue weighted by Gasteiger charge is -2.15. The van der Waals surface area contributed by atoms with Gasteiger partial charge in [-0.1, -0.05) is 42.1 Å². The van der Waals surface area contributed by atoms with Crippen LogP contribution in [0.3, 0.4) is 0 Å². The van der Waals surface area contributed by atoms with Gasteiger partial charge in [0.1, 0.15) is 13.2 Å². The molecule has 144 valence electrons. The summed E-state index contributed by atoms with van der Waals surface area (Å²) in [4.78, 5) is 41.0. The number of aromatic nitrogens is 2. The summed E-state index contributed by atoms with van der Waals surface area (Å²) >= 11 is 1.12. The van der Waals surface area contributed by atoms with E-state index in [2.05, 4.69) is 9.72 Å². The highest BCUT2D eigenvalue weighted by Gasteiger charge is 2.25. The van der Waals surface area contributed by atoms with Crippen molar-refractivity contribution in [2.75, 3.05) is 20.0 Å². The van der Waals surface area contributed by atoms with Gasteiger partial charge in [-0.2, -0.15) is 0 Å². The first-order chi connectivity index (χ1) is 13.0. The lowest BCUT2D eigenvalue weighted by Crippen LogP contribution is -2.31. The Morgan fingerprint density at radius 2 is 1.93 bits per heavy atom. The molecule has 0 saturated heterocycles. The highest BCUT2D eigenvalue weighted by molar-refractivity contribution is 7.98. The molecule has 0 spiro atoms. The number of benzene rings is 1. The maximum absolute atomic E-state index is 12.9. The molecular weight excluding hydrogens is 372 g/mol. The zero-order valence-corrected chi connectivity index (χ0v) is 16.1. The number of thioether (sulfide) groups is 1. The van der Waals surface area contributed by atoms with Crippen LogP contribution in [-0.4, -0.2) is 41.5 Å². The van der Waals surface area contributed by atoms with Crippen LogP contribution in [0.15, 0.2) is 40.3 Å². The summed E-state index contributed by atoms with van der Waals surface area (Å²) in [6, 6.07) is 9.15. The van der Waals surface area contributed by atoms with Gasteiger partial charge < -0.3 is 14.2 Å². The molecule has 2 aromatic rings. The normalized spacial score (nSPS) is 10.3. The van der Waals surface area contributed by atoms with Crippen molar-refractivity contribution in [2.24, 2.45) is 0 Å². The molecule has 0 fully saturated rings. The van der Waals surface area contributed by atoms with Crippen LogP contribution in [0.2, 0.25) is 0 Å². The predicted octanol–water partition coefficient (Wildman–Crippen LogP) is 1.89. The standard InChI is InChI=1S/C18H20N2O6S/c1-4-25-17(23)14-15(26-11-12-8-6-5-7-9-12)16(22)20(10-13(21)24-2)18(19-14)27-3/h5-9H,4,10-11H2,1-3H3. The summed E-state index contributed by atoms with van der Waals surface area (Å²) in [5.41, 5.74) is -0.0675. The van der Waals surface area contributed by atoms with E-state index in [1.54, 1.807) is 13.2 Å². The number of carbonyl (C=O) groups excluding carboxylic acids is 2. The van der Waals surface area contributed by atoms with Crippen molar-refractivity contribution >= 4 is 23.7 Å². The second-order valence-corrected chi connectivity index (χ2v) is 6.01. The second-order valence-electron chi connectivity index (χ2n) is 5.24. The summed E-state index contributed by atoms with van der Waals surface area (Å²) in [6.07, 6.45) is 1.68. The molecule has 1 aromatic heterocycles. The molecule has 0 aliphatic carbocycles. The van der Waals surface area contributed by atoms with E-state index in [0.717, 1.165) is 21.9 Å². The molecule has 0 atom stereocenters. The van der Waals surface area contributed by atoms with Crippen LogP contribution in [0, 0.1) is 0 Å². The highest BCUT2D eigenvalue weighted by Crippen LogP contribution is 2.20. The van der Waals surface area contributed by atoms with Crippen molar-refractivity contribution in [2.45, 2.75) is 25.2 Å². The minimum Gasteiger partial charge on any atom is -0.481 e. The second kappa shape index (κ2) is 9.77. The number of carbonyl (C=O) groups is 2. The summed E-state index contributed by atoms with van der Waals surface area (Å²) in [5, 5.41) is 0.181. The predicted molar refractivity (Wildman–Crippen MR) is 99.0 cm³/mol. The molecule has 0 aliphatic rings. The maximum Gasteiger partial charge on any atom is 0.361 e. The van der Waals surface area contributed by atoms with E-state index < -0.39 is 17.5 Å². The van der Waals surface area contributed by atoms with Crippen LogP contribution < -0.4 is 10.3 Å². The molecular formula is C18H20N2O6S. The van der Waals surface area contributed by atoms with Crippen LogP contribution >= 0.6 is 11.8 Å². The Morgan fingerprint density at radius 1 is 1.22 bits per heavy atom. The Bertz CT molecular complexity index is 866. The van der Waals surface area contributed by atoms with Gasteiger partial charge in [0, 0.05) is 0 Å². The molecule has 0 saturated carbocycles. The topological polar surface area (TPSA) is 96.7 Å². The molecule has 0 aliphatic heterocycles. The molecule has 8 nitrogen and oxygen atoms in total.